The molecule has 0 aromatic carbocycles. The molecule has 0 rings (SSSR count). The third-order valence-corrected chi connectivity index (χ3v) is 4.76. The van der Waals surface area contributed by atoms with Crippen molar-refractivity contribution in [1.29, 1.82) is 0 Å². The topological polar surface area (TPSA) is 178 Å². The summed E-state index contributed by atoms with van der Waals surface area (Å²) in [6.07, 6.45) is 1.55. The van der Waals surface area contributed by atoms with E-state index in [9.17, 15) is 33.9 Å². The molecule has 0 heterocycles. The molecule has 0 aliphatic rings. The van der Waals surface area contributed by atoms with E-state index >= 15 is 0 Å². The van der Waals surface area contributed by atoms with Gasteiger partial charge in [0.05, 0.1) is 44.7 Å². The molecule has 0 amide bonds. The smallest absolute Gasteiger partial charge is 0.344 e. The van der Waals surface area contributed by atoms with Crippen LogP contribution in [-0.2, 0) is 57.2 Å². The molecule has 0 saturated carbocycles. The van der Waals surface area contributed by atoms with Gasteiger partial charge in [-0.05, 0) is 19.3 Å². The Morgan fingerprint density at radius 2 is 0.737 bits per heavy atom. The summed E-state index contributed by atoms with van der Waals surface area (Å²) in [6, 6.07) is 0. The van der Waals surface area contributed by atoms with E-state index in [1.165, 1.54) is 0 Å². The van der Waals surface area contributed by atoms with Crippen LogP contribution in [0.25, 0.3) is 0 Å². The summed E-state index contributed by atoms with van der Waals surface area (Å²) in [6.45, 7) is 3.94. The van der Waals surface area contributed by atoms with Crippen molar-refractivity contribution in [3.8, 4) is 0 Å². The lowest BCUT2D eigenvalue weighted by molar-refractivity contribution is -0.170. The molecule has 13 heteroatoms. The summed E-state index contributed by atoms with van der Waals surface area (Å²) in [7, 11) is 0. The molecule has 0 saturated heterocycles. The fourth-order valence-electron chi connectivity index (χ4n) is 2.68. The second-order valence-corrected chi connectivity index (χ2v) is 8.46. The maximum absolute atomic E-state index is 12.2. The first kappa shape index (κ1) is 34.8. The first-order valence-electron chi connectivity index (χ1n) is 12.7. The van der Waals surface area contributed by atoms with Crippen LogP contribution in [0.5, 0.6) is 0 Å². The maximum atomic E-state index is 12.2. The van der Waals surface area contributed by atoms with Gasteiger partial charge in [-0.15, -0.1) is 0 Å². The number of hydrogen-bond donors (Lipinski definition) is 1. The minimum Gasteiger partial charge on any atom is -0.463 e. The monoisotopic (exact) mass is 548 g/mol. The number of unbranched alkanes of at least 4 members (excludes halogenated alkanes) is 3. The van der Waals surface area contributed by atoms with Crippen molar-refractivity contribution in [2.45, 2.75) is 84.2 Å². The Balaban J connectivity index is 5.02. The Kier molecular flexibility index (Phi) is 19.0. The molecule has 0 aliphatic carbocycles. The van der Waals surface area contributed by atoms with Crippen LogP contribution in [0.15, 0.2) is 0 Å². The number of ether oxygens (including phenoxy) is 6. The molecule has 0 aliphatic heterocycles. The van der Waals surface area contributed by atoms with Crippen molar-refractivity contribution < 1.29 is 62.3 Å². The molecule has 0 fully saturated rings. The van der Waals surface area contributed by atoms with Crippen molar-refractivity contribution in [1.82, 2.24) is 0 Å². The molecular weight excluding hydrogens is 508 g/mol. The summed E-state index contributed by atoms with van der Waals surface area (Å²) >= 11 is 0. The van der Waals surface area contributed by atoms with Gasteiger partial charge < -0.3 is 33.5 Å². The largest absolute Gasteiger partial charge is 0.463 e. The van der Waals surface area contributed by atoms with E-state index < -0.39 is 80.5 Å². The quantitative estimate of drug-likeness (QED) is 0.124. The number of carbonyl (C=O) groups excluding carboxylic acids is 6. The SMILES string of the molecule is CCCCOC(=O)COC(=O)CC(O)(CC(=O)OCC(=O)OCCCC)CC(=O)OCC(=O)OCCCC. The van der Waals surface area contributed by atoms with Gasteiger partial charge in [0.15, 0.2) is 19.8 Å². The average Bonchev–Trinajstić information content (AvgIpc) is 2.85. The zero-order valence-corrected chi connectivity index (χ0v) is 22.5. The number of hydrogen-bond acceptors (Lipinski definition) is 13. The van der Waals surface area contributed by atoms with E-state index in [-0.39, 0.29) is 19.8 Å². The first-order chi connectivity index (χ1) is 18.0. The van der Waals surface area contributed by atoms with E-state index in [0.29, 0.717) is 19.3 Å². The average molecular weight is 549 g/mol. The van der Waals surface area contributed by atoms with E-state index in [0.717, 1.165) is 19.3 Å². The van der Waals surface area contributed by atoms with Crippen LogP contribution in [0.1, 0.15) is 78.6 Å². The van der Waals surface area contributed by atoms with Gasteiger partial charge in [-0.25, -0.2) is 14.4 Å². The van der Waals surface area contributed by atoms with Crippen molar-refractivity contribution in [3.63, 3.8) is 0 Å². The van der Waals surface area contributed by atoms with Crippen molar-refractivity contribution >= 4 is 35.8 Å². The van der Waals surface area contributed by atoms with Crippen molar-refractivity contribution in [2.24, 2.45) is 0 Å². The zero-order valence-electron chi connectivity index (χ0n) is 22.5. The van der Waals surface area contributed by atoms with Crippen LogP contribution in [0.3, 0.4) is 0 Å². The summed E-state index contributed by atoms with van der Waals surface area (Å²) in [5.74, 6) is -5.76. The van der Waals surface area contributed by atoms with Gasteiger partial charge in [0, 0.05) is 0 Å². The standard InChI is InChI=1S/C25H40O13/c1-4-7-10-33-22(29)16-36-19(26)13-25(32,14-20(27)37-17-23(30)34-11-8-5-2)15-21(28)38-18-24(31)35-12-9-6-3/h32H,4-18H2,1-3H3. The highest BCUT2D eigenvalue weighted by Gasteiger charge is 2.38. The lowest BCUT2D eigenvalue weighted by atomic mass is 9.91. The van der Waals surface area contributed by atoms with Gasteiger partial charge >= 0.3 is 35.8 Å². The van der Waals surface area contributed by atoms with E-state index in [2.05, 4.69) is 0 Å². The highest BCUT2D eigenvalue weighted by Crippen LogP contribution is 2.23. The summed E-state index contributed by atoms with van der Waals surface area (Å²) in [5.41, 5.74) is -2.37. The van der Waals surface area contributed by atoms with Crippen molar-refractivity contribution in [2.75, 3.05) is 39.6 Å². The number of esters is 6. The van der Waals surface area contributed by atoms with Gasteiger partial charge in [-0.2, -0.15) is 0 Å². The zero-order chi connectivity index (χ0) is 28.8. The number of rotatable bonds is 21. The lowest BCUT2D eigenvalue weighted by Gasteiger charge is -2.25. The predicted octanol–water partition coefficient (Wildman–Crippen LogP) is 1.55. The number of aliphatic hydroxyl groups is 1. The Bertz CT molecular complexity index is 665. The van der Waals surface area contributed by atoms with Crippen LogP contribution < -0.4 is 0 Å². The first-order valence-corrected chi connectivity index (χ1v) is 12.7. The Hall–Kier alpha value is -3.22. The Labute approximate surface area is 222 Å². The molecule has 0 spiro atoms. The minimum atomic E-state index is -2.37. The predicted molar refractivity (Wildman–Crippen MR) is 129 cm³/mol. The van der Waals surface area contributed by atoms with Crippen LogP contribution in [-0.4, -0.2) is 86.2 Å². The highest BCUT2D eigenvalue weighted by molar-refractivity contribution is 5.82. The fourth-order valence-corrected chi connectivity index (χ4v) is 2.68. The van der Waals surface area contributed by atoms with Crippen LogP contribution in [0, 0.1) is 0 Å². The summed E-state index contributed by atoms with van der Waals surface area (Å²) in [5, 5.41) is 10.9. The molecule has 0 bridgehead atoms. The normalized spacial score (nSPS) is 10.7. The van der Waals surface area contributed by atoms with Crippen molar-refractivity contribution in [3.05, 3.63) is 0 Å². The minimum absolute atomic E-state index is 0.149. The van der Waals surface area contributed by atoms with Crippen LogP contribution in [0.4, 0.5) is 0 Å². The third kappa shape index (κ3) is 19.0. The molecule has 38 heavy (non-hydrogen) atoms. The molecule has 0 aromatic heterocycles. The van der Waals surface area contributed by atoms with Gasteiger partial charge in [-0.1, -0.05) is 40.0 Å². The molecular formula is C25H40O13. The summed E-state index contributed by atoms with van der Waals surface area (Å²) < 4.78 is 28.9. The second-order valence-electron chi connectivity index (χ2n) is 8.46. The van der Waals surface area contributed by atoms with E-state index in [4.69, 9.17) is 28.4 Å². The molecule has 0 atom stereocenters. The van der Waals surface area contributed by atoms with Gasteiger partial charge in [-0.3, -0.25) is 14.4 Å². The summed E-state index contributed by atoms with van der Waals surface area (Å²) in [4.78, 5) is 71.6. The molecule has 0 radical (unpaired) electrons. The molecule has 1 N–H and O–H groups in total. The maximum Gasteiger partial charge on any atom is 0.344 e. The van der Waals surface area contributed by atoms with Gasteiger partial charge in [0.2, 0.25) is 0 Å². The van der Waals surface area contributed by atoms with Crippen LogP contribution in [0.2, 0.25) is 0 Å². The molecule has 13 nitrogen and oxygen atoms in total. The Morgan fingerprint density at radius 3 is 0.974 bits per heavy atom. The highest BCUT2D eigenvalue weighted by atomic mass is 16.6. The molecule has 0 unspecified atom stereocenters. The van der Waals surface area contributed by atoms with Crippen LogP contribution >= 0.6 is 0 Å². The molecule has 0 aromatic rings. The fraction of sp³-hybridized carbons (Fsp3) is 0.760. The van der Waals surface area contributed by atoms with Gasteiger partial charge in [0.25, 0.3) is 0 Å². The number of carbonyl (C=O) groups is 6. The lowest BCUT2D eigenvalue weighted by Crippen LogP contribution is -2.39. The Morgan fingerprint density at radius 1 is 0.474 bits per heavy atom. The van der Waals surface area contributed by atoms with Gasteiger partial charge in [0.1, 0.15) is 0 Å². The second kappa shape index (κ2) is 20.8. The van der Waals surface area contributed by atoms with E-state index in [1.807, 2.05) is 20.8 Å². The third-order valence-electron chi connectivity index (χ3n) is 4.76. The van der Waals surface area contributed by atoms with E-state index in [1.54, 1.807) is 0 Å². The molecule has 218 valence electrons.